The third-order valence-electron chi connectivity index (χ3n) is 5.72. The van der Waals surface area contributed by atoms with Crippen LogP contribution in [0.5, 0.6) is 0 Å². The molecule has 3 aromatic rings. The van der Waals surface area contributed by atoms with Gasteiger partial charge in [0.15, 0.2) is 0 Å². The molecule has 32 heavy (non-hydrogen) atoms. The van der Waals surface area contributed by atoms with Crippen LogP contribution >= 0.6 is 11.3 Å². The second-order valence-corrected chi connectivity index (χ2v) is 10.2. The Balaban J connectivity index is 1.35. The van der Waals surface area contributed by atoms with Crippen LogP contribution < -0.4 is 5.32 Å². The number of nitrogens with one attached hydrogen (secondary N) is 1. The first-order valence-electron chi connectivity index (χ1n) is 11.3. The zero-order valence-electron chi connectivity index (χ0n) is 19.0. The minimum Gasteiger partial charge on any atom is -0.339 e. The molecule has 1 fully saturated rings. The predicted molar refractivity (Wildman–Crippen MR) is 129 cm³/mol. The topological polar surface area (TPSA) is 77.7 Å². The summed E-state index contributed by atoms with van der Waals surface area (Å²) < 4.78 is 0. The van der Waals surface area contributed by atoms with Crippen molar-refractivity contribution in [2.45, 2.75) is 52.5 Å². The standard InChI is InChI=1S/C25H30N6S/c1-17(2)12-22-6-7-23(32-22)16-31-10-8-19(9-11-31)24-13-25(29-18(3)28-24)30-21-5-4-20(14-26)27-15-21/h4-7,13,15,17,19H,8-12,16H2,1-3H3,(H,28,29,30). The number of rotatable bonds is 7. The molecule has 4 heterocycles. The molecule has 3 aromatic heterocycles. The van der Waals surface area contributed by atoms with Crippen molar-refractivity contribution >= 4 is 22.8 Å². The number of hydrogen-bond acceptors (Lipinski definition) is 7. The molecule has 1 aliphatic heterocycles. The fraction of sp³-hybridized carbons (Fsp3) is 0.440. The molecule has 7 heteroatoms. The largest absolute Gasteiger partial charge is 0.339 e. The number of aromatic nitrogens is 3. The maximum Gasteiger partial charge on any atom is 0.140 e. The Bertz CT molecular complexity index is 1070. The van der Waals surface area contributed by atoms with Gasteiger partial charge in [0.1, 0.15) is 23.4 Å². The van der Waals surface area contributed by atoms with Crippen LogP contribution in [-0.4, -0.2) is 32.9 Å². The van der Waals surface area contributed by atoms with Gasteiger partial charge >= 0.3 is 0 Å². The molecule has 0 aliphatic carbocycles. The average molecular weight is 447 g/mol. The Morgan fingerprint density at radius 1 is 1.16 bits per heavy atom. The molecule has 0 unspecified atom stereocenters. The fourth-order valence-electron chi connectivity index (χ4n) is 4.17. The summed E-state index contributed by atoms with van der Waals surface area (Å²) in [5.74, 6) is 2.71. The molecule has 0 spiro atoms. The number of thiophene rings is 1. The minimum atomic E-state index is 0.403. The van der Waals surface area contributed by atoms with E-state index in [0.29, 0.717) is 17.5 Å². The molecule has 0 amide bonds. The van der Waals surface area contributed by atoms with E-state index in [4.69, 9.17) is 10.2 Å². The van der Waals surface area contributed by atoms with Gasteiger partial charge in [-0.15, -0.1) is 11.3 Å². The van der Waals surface area contributed by atoms with Crippen molar-refractivity contribution in [1.82, 2.24) is 19.9 Å². The Kier molecular flexibility index (Phi) is 7.13. The molecule has 0 radical (unpaired) electrons. The van der Waals surface area contributed by atoms with E-state index in [-0.39, 0.29) is 0 Å². The minimum absolute atomic E-state index is 0.403. The van der Waals surface area contributed by atoms with Gasteiger partial charge in [-0.1, -0.05) is 13.8 Å². The van der Waals surface area contributed by atoms with Crippen molar-refractivity contribution in [2.24, 2.45) is 5.92 Å². The Labute approximate surface area is 194 Å². The summed E-state index contributed by atoms with van der Waals surface area (Å²) in [4.78, 5) is 18.9. The summed E-state index contributed by atoms with van der Waals surface area (Å²) in [5, 5.41) is 12.2. The summed E-state index contributed by atoms with van der Waals surface area (Å²) in [6.45, 7) is 9.73. The SMILES string of the molecule is Cc1nc(Nc2ccc(C#N)nc2)cc(C2CCN(Cc3ccc(CC(C)C)s3)CC2)n1. The third-order valence-corrected chi connectivity index (χ3v) is 6.81. The summed E-state index contributed by atoms with van der Waals surface area (Å²) >= 11 is 1.97. The predicted octanol–water partition coefficient (Wildman–Crippen LogP) is 5.43. The first kappa shape index (κ1) is 22.4. The molecule has 0 saturated carbocycles. The van der Waals surface area contributed by atoms with Crippen molar-refractivity contribution < 1.29 is 0 Å². The van der Waals surface area contributed by atoms with E-state index in [0.717, 1.165) is 55.5 Å². The zero-order valence-corrected chi connectivity index (χ0v) is 19.8. The third kappa shape index (κ3) is 5.90. The molecular weight excluding hydrogens is 416 g/mol. The number of pyridine rings is 1. The summed E-state index contributed by atoms with van der Waals surface area (Å²) in [5.41, 5.74) is 2.33. The van der Waals surface area contributed by atoms with E-state index in [1.54, 1.807) is 12.3 Å². The lowest BCUT2D eigenvalue weighted by Crippen LogP contribution is -2.32. The smallest absolute Gasteiger partial charge is 0.140 e. The lowest BCUT2D eigenvalue weighted by atomic mass is 9.93. The van der Waals surface area contributed by atoms with Gasteiger partial charge in [-0.2, -0.15) is 5.26 Å². The maximum atomic E-state index is 8.91. The van der Waals surface area contributed by atoms with E-state index < -0.39 is 0 Å². The van der Waals surface area contributed by atoms with Crippen LogP contribution in [0.3, 0.4) is 0 Å². The lowest BCUT2D eigenvalue weighted by Gasteiger charge is -2.31. The molecule has 1 saturated heterocycles. The van der Waals surface area contributed by atoms with Crippen LogP contribution in [0, 0.1) is 24.2 Å². The van der Waals surface area contributed by atoms with Gasteiger partial charge in [-0.05, 0) is 69.5 Å². The number of hydrogen-bond donors (Lipinski definition) is 1. The summed E-state index contributed by atoms with van der Waals surface area (Å²) in [7, 11) is 0. The van der Waals surface area contributed by atoms with Gasteiger partial charge in [-0.25, -0.2) is 15.0 Å². The Morgan fingerprint density at radius 2 is 1.94 bits per heavy atom. The fourth-order valence-corrected chi connectivity index (χ4v) is 5.45. The quantitative estimate of drug-likeness (QED) is 0.521. The molecule has 166 valence electrons. The van der Waals surface area contributed by atoms with Crippen molar-refractivity contribution in [3.8, 4) is 6.07 Å². The lowest BCUT2D eigenvalue weighted by molar-refractivity contribution is 0.205. The number of likely N-dealkylation sites (tertiary alicyclic amines) is 1. The van der Waals surface area contributed by atoms with Crippen LogP contribution in [0.1, 0.15) is 59.6 Å². The van der Waals surface area contributed by atoms with E-state index >= 15 is 0 Å². The van der Waals surface area contributed by atoms with Gasteiger partial charge < -0.3 is 5.32 Å². The van der Waals surface area contributed by atoms with E-state index in [1.165, 1.54) is 16.2 Å². The van der Waals surface area contributed by atoms with Crippen molar-refractivity contribution in [3.05, 3.63) is 63.5 Å². The number of nitriles is 1. The van der Waals surface area contributed by atoms with Crippen molar-refractivity contribution in [1.29, 1.82) is 5.26 Å². The highest BCUT2D eigenvalue weighted by Gasteiger charge is 2.23. The van der Waals surface area contributed by atoms with Crippen LogP contribution in [0.15, 0.2) is 36.5 Å². The van der Waals surface area contributed by atoms with Gasteiger partial charge in [0.05, 0.1) is 11.9 Å². The molecule has 0 atom stereocenters. The first-order chi connectivity index (χ1) is 15.5. The monoisotopic (exact) mass is 446 g/mol. The normalized spacial score (nSPS) is 15.1. The van der Waals surface area contributed by atoms with Gasteiger partial charge in [0.25, 0.3) is 0 Å². The Hall–Kier alpha value is -2.82. The summed E-state index contributed by atoms with van der Waals surface area (Å²) in [6.07, 6.45) is 5.05. The van der Waals surface area contributed by atoms with Crippen LogP contribution in [0.2, 0.25) is 0 Å². The number of anilines is 2. The zero-order chi connectivity index (χ0) is 22.5. The van der Waals surface area contributed by atoms with Crippen LogP contribution in [0.4, 0.5) is 11.5 Å². The Morgan fingerprint density at radius 3 is 2.62 bits per heavy atom. The van der Waals surface area contributed by atoms with Crippen LogP contribution in [-0.2, 0) is 13.0 Å². The number of piperidine rings is 1. The average Bonchev–Trinajstić information content (AvgIpc) is 3.20. The van der Waals surface area contributed by atoms with Gasteiger partial charge in [0, 0.05) is 34.0 Å². The molecule has 0 bridgehead atoms. The summed E-state index contributed by atoms with van der Waals surface area (Å²) in [6, 6.07) is 12.2. The maximum absolute atomic E-state index is 8.91. The number of aryl methyl sites for hydroxylation is 1. The highest BCUT2D eigenvalue weighted by Crippen LogP contribution is 2.30. The van der Waals surface area contributed by atoms with Crippen molar-refractivity contribution in [3.63, 3.8) is 0 Å². The molecule has 6 nitrogen and oxygen atoms in total. The van der Waals surface area contributed by atoms with E-state index in [9.17, 15) is 0 Å². The van der Waals surface area contributed by atoms with E-state index in [1.807, 2.05) is 30.4 Å². The van der Waals surface area contributed by atoms with Gasteiger partial charge in [0.2, 0.25) is 0 Å². The molecule has 1 aliphatic rings. The van der Waals surface area contributed by atoms with Crippen LogP contribution in [0.25, 0.3) is 0 Å². The molecule has 4 rings (SSSR count). The molecule has 1 N–H and O–H groups in total. The number of nitrogens with zero attached hydrogens (tertiary/aromatic N) is 5. The second-order valence-electron chi connectivity index (χ2n) is 8.91. The van der Waals surface area contributed by atoms with E-state index in [2.05, 4.69) is 52.2 Å². The van der Waals surface area contributed by atoms with Gasteiger partial charge in [-0.3, -0.25) is 4.90 Å². The first-order valence-corrected chi connectivity index (χ1v) is 12.1. The van der Waals surface area contributed by atoms with Crippen molar-refractivity contribution in [2.75, 3.05) is 18.4 Å². The molecular formula is C25H30N6S. The highest BCUT2D eigenvalue weighted by molar-refractivity contribution is 7.11. The highest BCUT2D eigenvalue weighted by atomic mass is 32.1. The molecule has 0 aromatic carbocycles. The second kappa shape index (κ2) is 10.2.